The lowest BCUT2D eigenvalue weighted by Crippen LogP contribution is -2.24. The van der Waals surface area contributed by atoms with E-state index in [0.29, 0.717) is 22.6 Å². The van der Waals surface area contributed by atoms with Gasteiger partial charge in [-0.25, -0.2) is 13.2 Å². The Labute approximate surface area is 194 Å². The summed E-state index contributed by atoms with van der Waals surface area (Å²) >= 11 is 0. The summed E-state index contributed by atoms with van der Waals surface area (Å²) in [5, 5.41) is 0. The molecular weight excluding hydrogens is 421 g/mol. The van der Waals surface area contributed by atoms with Crippen LogP contribution < -0.4 is 0 Å². The van der Waals surface area contributed by atoms with E-state index in [1.54, 1.807) is 42.5 Å². The Morgan fingerprint density at radius 1 is 0.909 bits per heavy atom. The Balaban J connectivity index is 1.51. The molecule has 0 aliphatic heterocycles. The average molecular weight is 453 g/mol. The Kier molecular flexibility index (Phi) is 7.42. The van der Waals surface area contributed by atoms with Gasteiger partial charge in [-0.1, -0.05) is 69.2 Å². The zero-order chi connectivity index (χ0) is 23.4. The van der Waals surface area contributed by atoms with Gasteiger partial charge < -0.3 is 4.74 Å². The number of halogens is 3. The highest BCUT2D eigenvalue weighted by Gasteiger charge is 2.32. The van der Waals surface area contributed by atoms with Crippen LogP contribution in [0.3, 0.4) is 0 Å². The van der Waals surface area contributed by atoms with E-state index >= 15 is 0 Å². The molecule has 0 spiro atoms. The van der Waals surface area contributed by atoms with Crippen LogP contribution in [0.1, 0.15) is 63.0 Å². The highest BCUT2D eigenvalue weighted by atomic mass is 19.2. The second kappa shape index (κ2) is 10.5. The molecule has 0 heterocycles. The highest BCUT2D eigenvalue weighted by molar-refractivity contribution is 5.75. The molecule has 2 aliphatic rings. The van der Waals surface area contributed by atoms with Crippen LogP contribution in [-0.4, -0.2) is 12.3 Å². The Hall–Kier alpha value is -2.75. The molecule has 0 bridgehead atoms. The van der Waals surface area contributed by atoms with Gasteiger partial charge in [-0.2, -0.15) is 0 Å². The number of alkyl halides is 2. The van der Waals surface area contributed by atoms with Gasteiger partial charge in [0.15, 0.2) is 12.3 Å². The van der Waals surface area contributed by atoms with Gasteiger partial charge in [-0.3, -0.25) is 0 Å². The summed E-state index contributed by atoms with van der Waals surface area (Å²) in [6.45, 7) is 4.21. The van der Waals surface area contributed by atoms with Crippen LogP contribution >= 0.6 is 0 Å². The third-order valence-corrected chi connectivity index (χ3v) is 6.80. The summed E-state index contributed by atoms with van der Waals surface area (Å²) in [6, 6.07) is 12.5. The molecule has 2 aromatic carbocycles. The summed E-state index contributed by atoms with van der Waals surface area (Å²) < 4.78 is 49.5. The fraction of sp³-hybridized carbons (Fsp3) is 0.379. The van der Waals surface area contributed by atoms with Crippen LogP contribution in [0.4, 0.5) is 13.2 Å². The number of allylic oxidation sites excluding steroid dienone is 5. The van der Waals surface area contributed by atoms with Gasteiger partial charge in [0, 0.05) is 5.56 Å². The first-order valence-electron chi connectivity index (χ1n) is 11.9. The second-order valence-electron chi connectivity index (χ2n) is 9.17. The van der Waals surface area contributed by atoms with E-state index in [0.717, 1.165) is 30.7 Å². The molecule has 174 valence electrons. The first-order chi connectivity index (χ1) is 16.0. The predicted molar refractivity (Wildman–Crippen MR) is 129 cm³/mol. The number of rotatable bonds is 6. The zero-order valence-electron chi connectivity index (χ0n) is 19.2. The molecule has 2 unspecified atom stereocenters. The monoisotopic (exact) mass is 452 g/mol. The predicted octanol–water partition coefficient (Wildman–Crippen LogP) is 8.68. The number of ether oxygens (including phenoxy) is 1. The van der Waals surface area contributed by atoms with Crippen molar-refractivity contribution in [3.63, 3.8) is 0 Å². The van der Waals surface area contributed by atoms with Crippen molar-refractivity contribution in [3.8, 4) is 11.1 Å². The molecule has 2 aromatic rings. The largest absolute Gasteiger partial charge is 0.466 e. The van der Waals surface area contributed by atoms with Gasteiger partial charge in [0.2, 0.25) is 0 Å². The summed E-state index contributed by atoms with van der Waals surface area (Å²) in [6.07, 6.45) is 7.81. The van der Waals surface area contributed by atoms with Gasteiger partial charge >= 0.3 is 0 Å². The normalized spacial score (nSPS) is 25.6. The van der Waals surface area contributed by atoms with Crippen LogP contribution in [0, 0.1) is 11.7 Å². The molecule has 4 rings (SSSR count). The van der Waals surface area contributed by atoms with Gasteiger partial charge in [0.1, 0.15) is 11.6 Å². The maximum absolute atomic E-state index is 15.0. The molecular formula is C29H31F3O. The van der Waals surface area contributed by atoms with E-state index in [2.05, 4.69) is 6.92 Å². The standard InChI is InChI=1S/C29H31F3O/c1-3-4-17-33-27-16-15-25(28(31)29(27)32)22-11-9-21(10-12-22)24-14-13-23(18-26(24)30)20-7-5-19(2)6-8-20/h4,9-20,28-29H,3,5-8H2,1-2H3/b17-4-. The third kappa shape index (κ3) is 5.26. The number of hydrogen-bond donors (Lipinski definition) is 0. The topological polar surface area (TPSA) is 9.23 Å². The molecule has 1 saturated carbocycles. The Bertz CT molecular complexity index is 1040. The summed E-state index contributed by atoms with van der Waals surface area (Å²) in [4.78, 5) is 0. The fourth-order valence-electron chi connectivity index (χ4n) is 4.70. The van der Waals surface area contributed by atoms with E-state index in [1.807, 2.05) is 19.1 Å². The van der Waals surface area contributed by atoms with Crippen molar-refractivity contribution in [2.24, 2.45) is 5.92 Å². The zero-order valence-corrected chi connectivity index (χ0v) is 19.2. The lowest BCUT2D eigenvalue weighted by atomic mass is 9.79. The minimum absolute atomic E-state index is 0.0397. The molecule has 0 radical (unpaired) electrons. The van der Waals surface area contributed by atoms with Gasteiger partial charge in [0.05, 0.1) is 6.26 Å². The molecule has 0 saturated heterocycles. The molecule has 2 atom stereocenters. The lowest BCUT2D eigenvalue weighted by molar-refractivity contribution is 0.170. The average Bonchev–Trinajstić information content (AvgIpc) is 2.83. The van der Waals surface area contributed by atoms with Gasteiger partial charge in [-0.15, -0.1) is 0 Å². The first kappa shape index (κ1) is 23.4. The van der Waals surface area contributed by atoms with Gasteiger partial charge in [0.25, 0.3) is 0 Å². The first-order valence-corrected chi connectivity index (χ1v) is 11.9. The van der Waals surface area contributed by atoms with Gasteiger partial charge in [-0.05, 0) is 71.6 Å². The van der Waals surface area contributed by atoms with Crippen molar-refractivity contribution in [1.82, 2.24) is 0 Å². The maximum Gasteiger partial charge on any atom is 0.193 e. The molecule has 4 heteroatoms. The van der Waals surface area contributed by atoms with Crippen molar-refractivity contribution in [3.05, 3.63) is 89.7 Å². The summed E-state index contributed by atoms with van der Waals surface area (Å²) in [5.74, 6) is 0.905. The fourth-order valence-corrected chi connectivity index (χ4v) is 4.70. The second-order valence-corrected chi connectivity index (χ2v) is 9.17. The minimum Gasteiger partial charge on any atom is -0.466 e. The van der Waals surface area contributed by atoms with Crippen LogP contribution in [0.2, 0.25) is 0 Å². The van der Waals surface area contributed by atoms with E-state index in [-0.39, 0.29) is 17.1 Å². The third-order valence-electron chi connectivity index (χ3n) is 6.80. The van der Waals surface area contributed by atoms with Crippen molar-refractivity contribution < 1.29 is 17.9 Å². The van der Waals surface area contributed by atoms with Crippen molar-refractivity contribution >= 4 is 5.57 Å². The Morgan fingerprint density at radius 2 is 1.61 bits per heavy atom. The smallest absolute Gasteiger partial charge is 0.193 e. The molecule has 33 heavy (non-hydrogen) atoms. The highest BCUT2D eigenvalue weighted by Crippen LogP contribution is 2.38. The van der Waals surface area contributed by atoms with Crippen LogP contribution in [-0.2, 0) is 4.74 Å². The van der Waals surface area contributed by atoms with Crippen molar-refractivity contribution in [1.29, 1.82) is 0 Å². The molecule has 0 N–H and O–H groups in total. The number of hydrogen-bond acceptors (Lipinski definition) is 1. The molecule has 1 nitrogen and oxygen atoms in total. The van der Waals surface area contributed by atoms with Crippen LogP contribution in [0.5, 0.6) is 0 Å². The lowest BCUT2D eigenvalue weighted by Gasteiger charge is -2.26. The summed E-state index contributed by atoms with van der Waals surface area (Å²) in [5.41, 5.74) is 3.13. The van der Waals surface area contributed by atoms with E-state index < -0.39 is 12.3 Å². The molecule has 2 aliphatic carbocycles. The van der Waals surface area contributed by atoms with E-state index in [9.17, 15) is 13.2 Å². The maximum atomic E-state index is 15.0. The van der Waals surface area contributed by atoms with E-state index in [4.69, 9.17) is 4.74 Å². The Morgan fingerprint density at radius 3 is 2.27 bits per heavy atom. The van der Waals surface area contributed by atoms with Crippen LogP contribution in [0.15, 0.2) is 72.7 Å². The quantitative estimate of drug-likeness (QED) is 0.398. The molecule has 0 amide bonds. The van der Waals surface area contributed by atoms with Crippen molar-refractivity contribution in [2.45, 2.75) is 64.2 Å². The molecule has 0 aromatic heterocycles. The molecule has 1 fully saturated rings. The number of benzene rings is 2. The van der Waals surface area contributed by atoms with Crippen LogP contribution in [0.25, 0.3) is 16.7 Å². The van der Waals surface area contributed by atoms with E-state index in [1.165, 1.54) is 25.2 Å². The minimum atomic E-state index is -1.86. The summed E-state index contributed by atoms with van der Waals surface area (Å²) in [7, 11) is 0. The van der Waals surface area contributed by atoms with Crippen molar-refractivity contribution in [2.75, 3.05) is 0 Å². The SMILES string of the molecule is CC/C=C\OC1=CC=C(c2ccc(-c3ccc(C4CCC(C)CC4)cc3F)cc2)C(F)C1F.